The van der Waals surface area contributed by atoms with Crippen LogP contribution in [0.1, 0.15) is 22.3 Å². The minimum atomic E-state index is -4.58. The number of hydrogen-bond donors (Lipinski definition) is 1. The highest BCUT2D eigenvalue weighted by Crippen LogP contribution is 2.32. The number of carbonyl (C=O) groups excluding carboxylic acids is 2. The van der Waals surface area contributed by atoms with Crippen LogP contribution in [0.4, 0.5) is 18.9 Å². The number of rotatable bonds is 8. The van der Waals surface area contributed by atoms with Gasteiger partial charge in [-0.15, -0.1) is 0 Å². The third kappa shape index (κ3) is 6.95. The highest BCUT2D eigenvalue weighted by molar-refractivity contribution is 5.96. The molecule has 0 spiro atoms. The first kappa shape index (κ1) is 24.6. The fourth-order valence-electron chi connectivity index (χ4n) is 3.81. The number of nitrogens with zero attached hydrogens (tertiary/aromatic N) is 3. The second kappa shape index (κ2) is 11.2. The van der Waals surface area contributed by atoms with Crippen LogP contribution in [-0.4, -0.2) is 74.5 Å². The Kier molecular flexibility index (Phi) is 8.32. The van der Waals surface area contributed by atoms with E-state index in [1.165, 1.54) is 23.1 Å². The molecule has 6 nitrogen and oxygen atoms in total. The van der Waals surface area contributed by atoms with Gasteiger partial charge >= 0.3 is 6.18 Å². The molecule has 178 valence electrons. The number of nitrogens with one attached hydrogen (secondary N) is 1. The van der Waals surface area contributed by atoms with E-state index >= 15 is 0 Å². The lowest BCUT2D eigenvalue weighted by Crippen LogP contribution is -2.51. The maximum absolute atomic E-state index is 13.2. The zero-order valence-corrected chi connectivity index (χ0v) is 18.6. The molecule has 0 bridgehead atoms. The Balaban J connectivity index is 1.39. The van der Waals surface area contributed by atoms with Crippen molar-refractivity contribution in [3.63, 3.8) is 0 Å². The maximum Gasteiger partial charge on any atom is 0.417 e. The van der Waals surface area contributed by atoms with Crippen molar-refractivity contribution >= 4 is 17.5 Å². The maximum atomic E-state index is 13.2. The summed E-state index contributed by atoms with van der Waals surface area (Å²) in [6.45, 7) is 3.00. The first-order valence-electron chi connectivity index (χ1n) is 11.0. The molecule has 33 heavy (non-hydrogen) atoms. The van der Waals surface area contributed by atoms with E-state index < -0.39 is 17.6 Å². The lowest BCUT2D eigenvalue weighted by molar-refractivity contribution is -0.138. The van der Waals surface area contributed by atoms with Crippen molar-refractivity contribution in [2.24, 2.45) is 0 Å². The number of para-hydroxylation sites is 1. The molecule has 0 aromatic heterocycles. The number of hydrogen-bond acceptors (Lipinski definition) is 4. The largest absolute Gasteiger partial charge is 0.417 e. The monoisotopic (exact) mass is 462 g/mol. The highest BCUT2D eigenvalue weighted by Gasteiger charge is 2.36. The molecule has 1 fully saturated rings. The molecule has 1 aliphatic heterocycles. The van der Waals surface area contributed by atoms with Crippen LogP contribution in [0.15, 0.2) is 54.6 Å². The lowest BCUT2D eigenvalue weighted by atomic mass is 10.1. The van der Waals surface area contributed by atoms with Crippen LogP contribution in [0, 0.1) is 0 Å². The zero-order valence-electron chi connectivity index (χ0n) is 18.6. The number of alkyl halides is 3. The van der Waals surface area contributed by atoms with Gasteiger partial charge in [-0.1, -0.05) is 30.3 Å². The van der Waals surface area contributed by atoms with Crippen LogP contribution in [-0.2, 0) is 11.0 Å². The van der Waals surface area contributed by atoms with Gasteiger partial charge in [0.15, 0.2) is 0 Å². The van der Waals surface area contributed by atoms with Crippen LogP contribution >= 0.6 is 0 Å². The van der Waals surface area contributed by atoms with Crippen molar-refractivity contribution in [1.82, 2.24) is 15.1 Å². The van der Waals surface area contributed by atoms with Crippen molar-refractivity contribution in [3.8, 4) is 0 Å². The normalized spacial score (nSPS) is 14.7. The molecular weight excluding hydrogens is 433 g/mol. The average Bonchev–Trinajstić information content (AvgIpc) is 2.82. The quantitative estimate of drug-likeness (QED) is 0.613. The highest BCUT2D eigenvalue weighted by atomic mass is 19.4. The van der Waals surface area contributed by atoms with E-state index in [1.807, 2.05) is 42.3 Å². The molecule has 0 aliphatic carbocycles. The van der Waals surface area contributed by atoms with E-state index in [0.29, 0.717) is 19.6 Å². The smallest absolute Gasteiger partial charge is 0.375 e. The van der Waals surface area contributed by atoms with E-state index in [2.05, 4.69) is 10.2 Å². The van der Waals surface area contributed by atoms with Crippen molar-refractivity contribution in [2.45, 2.75) is 12.6 Å². The number of anilines is 1. The molecule has 2 aromatic carbocycles. The predicted molar refractivity (Wildman–Crippen MR) is 121 cm³/mol. The molecule has 2 aromatic rings. The third-order valence-corrected chi connectivity index (χ3v) is 5.68. The first-order chi connectivity index (χ1) is 15.8. The topological polar surface area (TPSA) is 55.9 Å². The summed E-state index contributed by atoms with van der Waals surface area (Å²) < 4.78 is 39.6. The summed E-state index contributed by atoms with van der Waals surface area (Å²) >= 11 is 0. The zero-order chi connectivity index (χ0) is 23.8. The molecule has 1 saturated heterocycles. The fourth-order valence-corrected chi connectivity index (χ4v) is 3.81. The van der Waals surface area contributed by atoms with Gasteiger partial charge in [0, 0.05) is 52.0 Å². The molecule has 0 saturated carbocycles. The van der Waals surface area contributed by atoms with Gasteiger partial charge in [-0.3, -0.25) is 14.5 Å². The van der Waals surface area contributed by atoms with Crippen molar-refractivity contribution < 1.29 is 22.8 Å². The van der Waals surface area contributed by atoms with Gasteiger partial charge in [0.1, 0.15) is 0 Å². The summed E-state index contributed by atoms with van der Waals surface area (Å²) in [7, 11) is 2.00. The van der Waals surface area contributed by atoms with Crippen molar-refractivity contribution in [1.29, 1.82) is 0 Å². The summed E-state index contributed by atoms with van der Waals surface area (Å²) in [5.41, 5.74) is -0.138. The number of halogens is 3. The number of carbonyl (C=O) groups is 2. The second-order valence-corrected chi connectivity index (χ2v) is 8.07. The third-order valence-electron chi connectivity index (χ3n) is 5.68. The Morgan fingerprint density at radius 3 is 2.27 bits per heavy atom. The van der Waals surface area contributed by atoms with Crippen LogP contribution in [0.5, 0.6) is 0 Å². The van der Waals surface area contributed by atoms with Gasteiger partial charge in [-0.25, -0.2) is 0 Å². The molecule has 2 amide bonds. The van der Waals surface area contributed by atoms with Gasteiger partial charge in [-0.2, -0.15) is 13.2 Å². The van der Waals surface area contributed by atoms with Crippen molar-refractivity contribution in [2.75, 3.05) is 57.8 Å². The Bertz CT molecular complexity index is 929. The standard InChI is InChI=1S/C24H29F3N4O2/c1-29(19-8-3-2-4-9-19)13-7-12-28-22(32)18-30-14-16-31(17-15-30)23(33)20-10-5-6-11-21(20)24(25,26)27/h2-6,8-11H,7,12-18H2,1H3,(H,28,32). The van der Waals surface area contributed by atoms with Crippen molar-refractivity contribution in [3.05, 3.63) is 65.7 Å². The van der Waals surface area contributed by atoms with Crippen LogP contribution < -0.4 is 10.2 Å². The number of amides is 2. The fraction of sp³-hybridized carbons (Fsp3) is 0.417. The van der Waals surface area contributed by atoms with E-state index in [9.17, 15) is 22.8 Å². The number of benzene rings is 2. The lowest BCUT2D eigenvalue weighted by Gasteiger charge is -2.34. The predicted octanol–water partition coefficient (Wildman–Crippen LogP) is 3.11. The summed E-state index contributed by atoms with van der Waals surface area (Å²) in [4.78, 5) is 30.3. The van der Waals surface area contributed by atoms with Crippen LogP contribution in [0.3, 0.4) is 0 Å². The van der Waals surface area contributed by atoms with Gasteiger partial charge in [-0.05, 0) is 30.7 Å². The van der Waals surface area contributed by atoms with E-state index in [-0.39, 0.29) is 31.1 Å². The van der Waals surface area contributed by atoms with Gasteiger partial charge in [0.2, 0.25) is 5.91 Å². The summed E-state index contributed by atoms with van der Waals surface area (Å²) in [6.07, 6.45) is -3.78. The average molecular weight is 463 g/mol. The Labute approximate surface area is 192 Å². The molecule has 0 unspecified atom stereocenters. The molecule has 1 aliphatic rings. The molecule has 0 radical (unpaired) electrons. The first-order valence-corrected chi connectivity index (χ1v) is 11.0. The second-order valence-electron chi connectivity index (χ2n) is 8.07. The van der Waals surface area contributed by atoms with Gasteiger partial charge < -0.3 is 15.1 Å². The van der Waals surface area contributed by atoms with Crippen LogP contribution in [0.2, 0.25) is 0 Å². The van der Waals surface area contributed by atoms with E-state index in [4.69, 9.17) is 0 Å². The Morgan fingerprint density at radius 2 is 1.61 bits per heavy atom. The SMILES string of the molecule is CN(CCCNC(=O)CN1CCN(C(=O)c2ccccc2C(F)(F)F)CC1)c1ccccc1. The molecule has 0 atom stereocenters. The number of piperazine rings is 1. The minimum absolute atomic E-state index is 0.0976. The Hall–Kier alpha value is -3.07. The minimum Gasteiger partial charge on any atom is -0.375 e. The van der Waals surface area contributed by atoms with Gasteiger partial charge in [0.05, 0.1) is 17.7 Å². The molecule has 1 heterocycles. The van der Waals surface area contributed by atoms with Gasteiger partial charge in [0.25, 0.3) is 5.91 Å². The summed E-state index contributed by atoms with van der Waals surface area (Å²) in [5, 5.41) is 2.91. The Morgan fingerprint density at radius 1 is 0.970 bits per heavy atom. The van der Waals surface area contributed by atoms with Crippen LogP contribution in [0.25, 0.3) is 0 Å². The molecule has 9 heteroatoms. The molecular formula is C24H29F3N4O2. The molecule has 3 rings (SSSR count). The van der Waals surface area contributed by atoms with E-state index in [1.54, 1.807) is 0 Å². The van der Waals surface area contributed by atoms with E-state index in [0.717, 1.165) is 24.7 Å². The molecule has 1 N–H and O–H groups in total. The summed E-state index contributed by atoms with van der Waals surface area (Å²) in [5.74, 6) is -0.728. The summed E-state index contributed by atoms with van der Waals surface area (Å²) in [6, 6.07) is 14.8.